The Morgan fingerprint density at radius 1 is 1.11 bits per heavy atom. The number of carboxylic acid groups (broad SMARTS) is 1. The maximum atomic E-state index is 14.1. The van der Waals surface area contributed by atoms with Gasteiger partial charge in [-0.3, -0.25) is 4.79 Å². The second-order valence-corrected chi connectivity index (χ2v) is 12.0. The molecule has 0 spiro atoms. The Bertz CT molecular complexity index is 1480. The molecule has 1 atom stereocenters. The van der Waals surface area contributed by atoms with E-state index in [-0.39, 0.29) is 59.8 Å². The number of rotatable bonds is 12. The van der Waals surface area contributed by atoms with E-state index in [0.29, 0.717) is 30.5 Å². The Kier molecular flexibility index (Phi) is 10.8. The molecular weight excluding hydrogens is 593 g/mol. The molecule has 1 N–H and O–H groups in total. The molecule has 10 nitrogen and oxygen atoms in total. The summed E-state index contributed by atoms with van der Waals surface area (Å²) < 4.78 is 58.3. The van der Waals surface area contributed by atoms with E-state index in [0.717, 1.165) is 25.0 Å². The number of alkyl halides is 3. The summed E-state index contributed by atoms with van der Waals surface area (Å²) >= 11 is 0. The van der Waals surface area contributed by atoms with Crippen molar-refractivity contribution in [1.29, 1.82) is 0 Å². The van der Waals surface area contributed by atoms with Crippen molar-refractivity contribution >= 4 is 17.6 Å². The van der Waals surface area contributed by atoms with Gasteiger partial charge in [-0.2, -0.15) is 18.2 Å². The lowest BCUT2D eigenvalue weighted by atomic mass is 9.82. The molecule has 1 unspecified atom stereocenters. The third-order valence-electron chi connectivity index (χ3n) is 7.96. The predicted octanol–water partition coefficient (Wildman–Crippen LogP) is 7.08. The van der Waals surface area contributed by atoms with Crippen LogP contribution in [0.25, 0.3) is 0 Å². The molecule has 1 aliphatic carbocycles. The van der Waals surface area contributed by atoms with Crippen LogP contribution in [0.5, 0.6) is 11.6 Å². The Morgan fingerprint density at radius 3 is 2.42 bits per heavy atom. The number of pyridine rings is 1. The molecule has 2 aromatic heterocycles. The summed E-state index contributed by atoms with van der Waals surface area (Å²) in [6, 6.07) is 4.26. The van der Waals surface area contributed by atoms with E-state index in [4.69, 9.17) is 14.0 Å². The number of hydrogen-bond acceptors (Lipinski definition) is 8. The van der Waals surface area contributed by atoms with E-state index in [1.165, 1.54) is 30.3 Å². The van der Waals surface area contributed by atoms with Crippen molar-refractivity contribution < 1.29 is 41.9 Å². The molecule has 1 aromatic carbocycles. The van der Waals surface area contributed by atoms with Crippen molar-refractivity contribution in [2.24, 2.45) is 11.8 Å². The van der Waals surface area contributed by atoms with Crippen LogP contribution in [0.4, 0.5) is 18.9 Å². The van der Waals surface area contributed by atoms with Crippen LogP contribution in [-0.4, -0.2) is 51.9 Å². The van der Waals surface area contributed by atoms with Crippen molar-refractivity contribution in [3.8, 4) is 11.6 Å². The fourth-order valence-electron chi connectivity index (χ4n) is 5.44. The molecule has 1 saturated carbocycles. The number of aryl methyl sites for hydroxylation is 2. The SMILES string of the molecule is COCC(C)N(C(=O)C1CCC(C)CC1)c1ccc(Oc2ncc(CCc3nc(C(C)C)no3)cc2C(F)(F)F)cc1C(=O)O. The van der Waals surface area contributed by atoms with E-state index >= 15 is 0 Å². The highest BCUT2D eigenvalue weighted by atomic mass is 19.4. The molecule has 0 saturated heterocycles. The number of hydrogen-bond donors (Lipinski definition) is 1. The zero-order valence-corrected chi connectivity index (χ0v) is 26.1. The lowest BCUT2D eigenvalue weighted by Crippen LogP contribution is -2.46. The second kappa shape index (κ2) is 14.4. The van der Waals surface area contributed by atoms with Crippen LogP contribution in [0.2, 0.25) is 0 Å². The van der Waals surface area contributed by atoms with Crippen LogP contribution in [0.1, 0.15) is 92.5 Å². The number of ether oxygens (including phenoxy) is 2. The minimum Gasteiger partial charge on any atom is -0.478 e. The minimum absolute atomic E-state index is 0.0475. The van der Waals surface area contributed by atoms with E-state index in [2.05, 4.69) is 22.0 Å². The summed E-state index contributed by atoms with van der Waals surface area (Å²) in [6.07, 6.45) is 0.00519. The highest BCUT2D eigenvalue weighted by Gasteiger charge is 2.37. The highest BCUT2D eigenvalue weighted by molar-refractivity contribution is 6.03. The molecule has 1 fully saturated rings. The molecule has 0 aliphatic heterocycles. The van der Waals surface area contributed by atoms with Crippen LogP contribution >= 0.6 is 0 Å². The Balaban J connectivity index is 1.61. The molecule has 2 heterocycles. The Labute approximate surface area is 259 Å². The van der Waals surface area contributed by atoms with Gasteiger partial charge >= 0.3 is 12.1 Å². The van der Waals surface area contributed by atoms with Gasteiger partial charge in [-0.1, -0.05) is 25.9 Å². The maximum absolute atomic E-state index is 14.1. The first-order valence-corrected chi connectivity index (χ1v) is 15.0. The molecule has 1 amide bonds. The Morgan fingerprint density at radius 2 is 1.82 bits per heavy atom. The van der Waals surface area contributed by atoms with Gasteiger partial charge in [0, 0.05) is 31.6 Å². The van der Waals surface area contributed by atoms with Gasteiger partial charge < -0.3 is 24.0 Å². The number of anilines is 1. The van der Waals surface area contributed by atoms with Gasteiger partial charge in [-0.05, 0) is 74.8 Å². The van der Waals surface area contributed by atoms with Crippen molar-refractivity contribution in [2.75, 3.05) is 18.6 Å². The van der Waals surface area contributed by atoms with Crippen molar-refractivity contribution in [3.63, 3.8) is 0 Å². The molecule has 0 radical (unpaired) electrons. The summed E-state index contributed by atoms with van der Waals surface area (Å²) in [5.74, 6) is -1.37. The zero-order valence-electron chi connectivity index (χ0n) is 26.1. The van der Waals surface area contributed by atoms with E-state index in [1.54, 1.807) is 6.92 Å². The fourth-order valence-corrected chi connectivity index (χ4v) is 5.44. The smallest absolute Gasteiger partial charge is 0.421 e. The van der Waals surface area contributed by atoms with E-state index in [1.807, 2.05) is 13.8 Å². The van der Waals surface area contributed by atoms with Crippen LogP contribution in [0, 0.1) is 11.8 Å². The third-order valence-corrected chi connectivity index (χ3v) is 7.96. The zero-order chi connectivity index (χ0) is 32.9. The van der Waals surface area contributed by atoms with Gasteiger partial charge in [-0.25, -0.2) is 9.78 Å². The number of carboxylic acids is 1. The number of benzene rings is 1. The molecular formula is C32H39F3N4O6. The maximum Gasteiger partial charge on any atom is 0.421 e. The Hall–Kier alpha value is -4.00. The summed E-state index contributed by atoms with van der Waals surface area (Å²) in [4.78, 5) is 35.8. The van der Waals surface area contributed by atoms with E-state index < -0.39 is 29.6 Å². The number of amides is 1. The summed E-state index contributed by atoms with van der Waals surface area (Å²) in [5.41, 5.74) is -1.02. The average Bonchev–Trinajstić information content (AvgIpc) is 3.47. The van der Waals surface area contributed by atoms with Crippen molar-refractivity contribution in [1.82, 2.24) is 15.1 Å². The van der Waals surface area contributed by atoms with Crippen LogP contribution < -0.4 is 9.64 Å². The molecule has 3 aromatic rings. The van der Waals surface area contributed by atoms with E-state index in [9.17, 15) is 27.9 Å². The predicted molar refractivity (Wildman–Crippen MR) is 158 cm³/mol. The number of carbonyl (C=O) groups excluding carboxylic acids is 1. The lowest BCUT2D eigenvalue weighted by molar-refractivity contribution is -0.139. The number of aromatic nitrogens is 3. The molecule has 4 rings (SSSR count). The minimum atomic E-state index is -4.81. The number of carbonyl (C=O) groups is 2. The van der Waals surface area contributed by atoms with Crippen LogP contribution in [0.15, 0.2) is 35.0 Å². The van der Waals surface area contributed by atoms with Gasteiger partial charge in [-0.15, -0.1) is 0 Å². The van der Waals surface area contributed by atoms with Gasteiger partial charge in [0.15, 0.2) is 5.82 Å². The summed E-state index contributed by atoms with van der Waals surface area (Å²) in [5, 5.41) is 14.0. The topological polar surface area (TPSA) is 128 Å². The monoisotopic (exact) mass is 632 g/mol. The molecule has 0 bridgehead atoms. The number of nitrogens with zero attached hydrogens (tertiary/aromatic N) is 4. The standard InChI is InChI=1S/C32H39F3N4O6/c1-18(2)28-37-27(45-38-28)13-8-21-14-25(32(33,34)35)29(36-16-21)44-23-11-12-26(24(15-23)31(41)42)39(20(4)17-43-5)30(40)22-9-6-19(3)7-10-22/h11-12,14-16,18-20,22H,6-10,13,17H2,1-5H3,(H,41,42). The first kappa shape index (κ1) is 33.9. The first-order chi connectivity index (χ1) is 21.3. The summed E-state index contributed by atoms with van der Waals surface area (Å²) in [7, 11) is 1.49. The largest absolute Gasteiger partial charge is 0.478 e. The van der Waals surface area contributed by atoms with Gasteiger partial charge in [0.1, 0.15) is 11.3 Å². The lowest BCUT2D eigenvalue weighted by Gasteiger charge is -2.35. The fraction of sp³-hybridized carbons (Fsp3) is 0.531. The summed E-state index contributed by atoms with van der Waals surface area (Å²) in [6.45, 7) is 7.84. The second-order valence-electron chi connectivity index (χ2n) is 12.0. The number of halogens is 3. The van der Waals surface area contributed by atoms with Gasteiger partial charge in [0.25, 0.3) is 0 Å². The van der Waals surface area contributed by atoms with Crippen molar-refractivity contribution in [2.45, 2.75) is 84.4 Å². The third kappa shape index (κ3) is 8.38. The number of methoxy groups -OCH3 is 1. The van der Waals surface area contributed by atoms with Gasteiger partial charge in [0.05, 0.1) is 23.9 Å². The molecule has 13 heteroatoms. The highest BCUT2D eigenvalue weighted by Crippen LogP contribution is 2.39. The van der Waals surface area contributed by atoms with Crippen molar-refractivity contribution in [3.05, 3.63) is 58.9 Å². The normalized spacial score (nSPS) is 17.7. The number of aromatic carboxylic acids is 1. The quantitative estimate of drug-likeness (QED) is 0.223. The average molecular weight is 633 g/mol. The molecule has 1 aliphatic rings. The van der Waals surface area contributed by atoms with Gasteiger partial charge in [0.2, 0.25) is 17.7 Å². The molecule has 244 valence electrons. The van der Waals surface area contributed by atoms with Crippen LogP contribution in [0.3, 0.4) is 0 Å². The molecule has 45 heavy (non-hydrogen) atoms. The first-order valence-electron chi connectivity index (χ1n) is 15.0. The van der Waals surface area contributed by atoms with Crippen LogP contribution in [-0.2, 0) is 28.5 Å².